The molecule has 0 amide bonds. The summed E-state index contributed by atoms with van der Waals surface area (Å²) in [7, 11) is 0. The second-order valence-corrected chi connectivity index (χ2v) is 7.31. The fourth-order valence-corrected chi connectivity index (χ4v) is 4.00. The van der Waals surface area contributed by atoms with Crippen LogP contribution in [0, 0.1) is 17.5 Å². The molecule has 1 aliphatic heterocycles. The van der Waals surface area contributed by atoms with Gasteiger partial charge in [-0.2, -0.15) is 0 Å². The first-order chi connectivity index (χ1) is 12.1. The summed E-state index contributed by atoms with van der Waals surface area (Å²) in [4.78, 5) is 5.46. The third-order valence-corrected chi connectivity index (χ3v) is 5.47. The van der Waals surface area contributed by atoms with E-state index in [9.17, 15) is 18.3 Å². The highest BCUT2D eigenvalue weighted by Crippen LogP contribution is 2.23. The predicted octanol–water partition coefficient (Wildman–Crippen LogP) is 3.23. The lowest BCUT2D eigenvalue weighted by atomic mass is 10.1. The normalized spacial score (nSPS) is 19.4. The lowest BCUT2D eigenvalue weighted by Crippen LogP contribution is -2.52. The fourth-order valence-electron chi connectivity index (χ4n) is 3.27. The van der Waals surface area contributed by atoms with Crippen LogP contribution in [0.4, 0.5) is 13.2 Å². The Labute approximate surface area is 149 Å². The van der Waals surface area contributed by atoms with Gasteiger partial charge in [0, 0.05) is 55.8 Å². The zero-order valence-electron chi connectivity index (χ0n) is 13.8. The molecule has 0 saturated carbocycles. The second kappa shape index (κ2) is 8.31. The van der Waals surface area contributed by atoms with Gasteiger partial charge in [-0.1, -0.05) is 6.07 Å². The third kappa shape index (κ3) is 4.41. The van der Waals surface area contributed by atoms with Gasteiger partial charge in [0.1, 0.15) is 5.82 Å². The van der Waals surface area contributed by atoms with Crippen molar-refractivity contribution in [1.29, 1.82) is 0 Å². The molecule has 0 unspecified atom stereocenters. The maximum absolute atomic E-state index is 13.9. The number of thiophene rings is 1. The molecule has 1 atom stereocenters. The Kier molecular flexibility index (Phi) is 6.11. The lowest BCUT2D eigenvalue weighted by molar-refractivity contribution is 0.0495. The smallest absolute Gasteiger partial charge is 0.166 e. The van der Waals surface area contributed by atoms with Crippen LogP contribution in [-0.4, -0.2) is 47.2 Å². The zero-order valence-corrected chi connectivity index (χ0v) is 14.6. The van der Waals surface area contributed by atoms with Crippen LogP contribution < -0.4 is 0 Å². The Morgan fingerprint density at radius 2 is 1.88 bits per heavy atom. The molecular weight excluding hydrogens is 349 g/mol. The molecule has 136 valence electrons. The molecule has 0 aliphatic carbocycles. The van der Waals surface area contributed by atoms with Crippen LogP contribution in [0.3, 0.4) is 0 Å². The molecule has 0 bridgehead atoms. The Hall–Kier alpha value is -1.41. The van der Waals surface area contributed by atoms with Gasteiger partial charge in [0.2, 0.25) is 0 Å². The molecule has 3 rings (SSSR count). The molecule has 7 heteroatoms. The molecule has 0 radical (unpaired) electrons. The first-order valence-corrected chi connectivity index (χ1v) is 9.18. The third-order valence-electron chi connectivity index (χ3n) is 4.61. The molecule has 1 N–H and O–H groups in total. The Morgan fingerprint density at radius 3 is 2.60 bits per heavy atom. The van der Waals surface area contributed by atoms with Gasteiger partial charge in [-0.15, -0.1) is 11.3 Å². The average Bonchev–Trinajstić information content (AvgIpc) is 3.11. The fraction of sp³-hybridized carbons (Fsp3) is 0.444. The van der Waals surface area contributed by atoms with Crippen molar-refractivity contribution in [2.45, 2.75) is 25.6 Å². The van der Waals surface area contributed by atoms with Crippen molar-refractivity contribution in [3.63, 3.8) is 0 Å². The Bertz CT molecular complexity index is 696. The SMILES string of the molecule is OCC[C@@H]1CN(Cc2c(F)ccc(F)c2F)CCN1Cc1cccs1. The number of hydrogen-bond donors (Lipinski definition) is 1. The molecule has 1 aromatic heterocycles. The van der Waals surface area contributed by atoms with Crippen molar-refractivity contribution in [3.05, 3.63) is 57.5 Å². The van der Waals surface area contributed by atoms with E-state index in [-0.39, 0.29) is 24.8 Å². The lowest BCUT2D eigenvalue weighted by Gasteiger charge is -2.41. The topological polar surface area (TPSA) is 26.7 Å². The highest BCUT2D eigenvalue weighted by atomic mass is 32.1. The van der Waals surface area contributed by atoms with Gasteiger partial charge < -0.3 is 5.11 Å². The molecule has 1 fully saturated rings. The molecule has 1 aromatic carbocycles. The summed E-state index contributed by atoms with van der Waals surface area (Å²) in [5.41, 5.74) is -0.227. The standard InChI is InChI=1S/C18H21F3N2OS/c19-16-3-4-17(20)18(21)15(16)12-22-6-7-23(13(10-22)5-8-24)11-14-2-1-9-25-14/h1-4,9,13,24H,5-8,10-12H2/t13-/m1/s1. The largest absolute Gasteiger partial charge is 0.396 e. The summed E-state index contributed by atoms with van der Waals surface area (Å²) in [6.07, 6.45) is 0.593. The minimum absolute atomic E-state index is 0.0319. The molecule has 3 nitrogen and oxygen atoms in total. The van der Waals surface area contributed by atoms with E-state index >= 15 is 0 Å². The average molecular weight is 370 g/mol. The summed E-state index contributed by atoms with van der Waals surface area (Å²) in [6.45, 7) is 2.86. The molecule has 1 aliphatic rings. The summed E-state index contributed by atoms with van der Waals surface area (Å²) in [5, 5.41) is 11.4. The molecule has 0 spiro atoms. The van der Waals surface area contributed by atoms with Crippen LogP contribution in [0.1, 0.15) is 16.9 Å². The van der Waals surface area contributed by atoms with Crippen LogP contribution in [0.15, 0.2) is 29.6 Å². The first-order valence-electron chi connectivity index (χ1n) is 8.30. The van der Waals surface area contributed by atoms with Crippen molar-refractivity contribution >= 4 is 11.3 Å². The van der Waals surface area contributed by atoms with E-state index in [0.717, 1.165) is 25.2 Å². The van der Waals surface area contributed by atoms with Crippen molar-refractivity contribution < 1.29 is 18.3 Å². The van der Waals surface area contributed by atoms with Crippen LogP contribution in [-0.2, 0) is 13.1 Å². The van der Waals surface area contributed by atoms with Gasteiger partial charge in [-0.3, -0.25) is 9.80 Å². The van der Waals surface area contributed by atoms with E-state index < -0.39 is 17.5 Å². The highest BCUT2D eigenvalue weighted by molar-refractivity contribution is 7.09. The van der Waals surface area contributed by atoms with Gasteiger partial charge in [0.25, 0.3) is 0 Å². The minimum atomic E-state index is -1.11. The van der Waals surface area contributed by atoms with Crippen molar-refractivity contribution in [2.75, 3.05) is 26.2 Å². The quantitative estimate of drug-likeness (QED) is 0.791. The zero-order chi connectivity index (χ0) is 17.8. The van der Waals surface area contributed by atoms with Gasteiger partial charge in [-0.25, -0.2) is 13.2 Å². The van der Waals surface area contributed by atoms with E-state index in [1.807, 2.05) is 16.3 Å². The monoisotopic (exact) mass is 370 g/mol. The summed E-state index contributed by atoms with van der Waals surface area (Å²) in [5.74, 6) is -2.86. The summed E-state index contributed by atoms with van der Waals surface area (Å²) in [6, 6.07) is 5.95. The van der Waals surface area contributed by atoms with E-state index in [4.69, 9.17) is 0 Å². The van der Waals surface area contributed by atoms with Gasteiger partial charge in [0.15, 0.2) is 11.6 Å². The second-order valence-electron chi connectivity index (χ2n) is 6.27. The molecule has 2 aromatic rings. The molecule has 2 heterocycles. The Morgan fingerprint density at radius 1 is 1.08 bits per heavy atom. The Balaban J connectivity index is 1.68. The van der Waals surface area contributed by atoms with Crippen molar-refractivity contribution in [1.82, 2.24) is 9.80 Å². The summed E-state index contributed by atoms with van der Waals surface area (Å²) >= 11 is 1.69. The van der Waals surface area contributed by atoms with Crippen LogP contribution >= 0.6 is 11.3 Å². The number of aliphatic hydroxyl groups is 1. The van der Waals surface area contributed by atoms with Crippen molar-refractivity contribution in [3.8, 4) is 0 Å². The number of piperazine rings is 1. The number of halogens is 3. The molecule has 1 saturated heterocycles. The van der Waals surface area contributed by atoms with E-state index in [2.05, 4.69) is 11.0 Å². The first kappa shape index (κ1) is 18.4. The molecular formula is C18H21F3N2OS. The van der Waals surface area contributed by atoms with Crippen LogP contribution in [0.2, 0.25) is 0 Å². The van der Waals surface area contributed by atoms with Gasteiger partial charge in [0.05, 0.1) is 0 Å². The number of hydrogen-bond acceptors (Lipinski definition) is 4. The molecule has 25 heavy (non-hydrogen) atoms. The van der Waals surface area contributed by atoms with Crippen LogP contribution in [0.5, 0.6) is 0 Å². The van der Waals surface area contributed by atoms with Gasteiger partial charge >= 0.3 is 0 Å². The van der Waals surface area contributed by atoms with Crippen LogP contribution in [0.25, 0.3) is 0 Å². The van der Waals surface area contributed by atoms with E-state index in [0.29, 0.717) is 19.5 Å². The number of benzene rings is 1. The maximum atomic E-state index is 13.9. The maximum Gasteiger partial charge on any atom is 0.166 e. The number of aliphatic hydroxyl groups excluding tert-OH is 1. The summed E-state index contributed by atoms with van der Waals surface area (Å²) < 4.78 is 41.2. The number of nitrogens with zero attached hydrogens (tertiary/aromatic N) is 2. The predicted molar refractivity (Wildman–Crippen MR) is 91.8 cm³/mol. The van der Waals surface area contributed by atoms with Gasteiger partial charge in [-0.05, 0) is 30.0 Å². The number of rotatable bonds is 6. The highest BCUT2D eigenvalue weighted by Gasteiger charge is 2.28. The van der Waals surface area contributed by atoms with E-state index in [1.165, 1.54) is 4.88 Å². The minimum Gasteiger partial charge on any atom is -0.396 e. The van der Waals surface area contributed by atoms with E-state index in [1.54, 1.807) is 11.3 Å². The van der Waals surface area contributed by atoms with Crippen molar-refractivity contribution in [2.24, 2.45) is 0 Å².